The first kappa shape index (κ1) is 10.2. The van der Waals surface area contributed by atoms with Crippen LogP contribution in [0.25, 0.3) is 10.8 Å². The number of aromatic nitrogens is 1. The first-order valence-electron chi connectivity index (χ1n) is 4.43. The van der Waals surface area contributed by atoms with Gasteiger partial charge in [-0.1, -0.05) is 0 Å². The molecule has 1 aromatic carbocycles. The highest BCUT2D eigenvalue weighted by atomic mass is 79.9. The second kappa shape index (κ2) is 4.06. The number of fused-ring (bicyclic) bond motifs is 1. The number of ether oxygens (including phenoxy) is 2. The van der Waals surface area contributed by atoms with E-state index >= 15 is 0 Å². The molecule has 1 heterocycles. The summed E-state index contributed by atoms with van der Waals surface area (Å²) >= 11 is 3.40. The van der Waals surface area contributed by atoms with Crippen LogP contribution in [-0.2, 0) is 0 Å². The average molecular weight is 268 g/mol. The molecule has 0 amide bonds. The Balaban J connectivity index is 2.82. The van der Waals surface area contributed by atoms with Gasteiger partial charge in [-0.25, -0.2) is 4.98 Å². The zero-order valence-corrected chi connectivity index (χ0v) is 10.0. The SMILES string of the molecule is COc1ccc2c(Br)nccc2c1OC. The smallest absolute Gasteiger partial charge is 0.168 e. The molecule has 0 aliphatic rings. The lowest BCUT2D eigenvalue weighted by atomic mass is 10.1. The van der Waals surface area contributed by atoms with E-state index in [0.717, 1.165) is 26.9 Å². The Kier molecular flexibility index (Phi) is 2.77. The van der Waals surface area contributed by atoms with Crippen molar-refractivity contribution >= 4 is 26.7 Å². The molecule has 1 aromatic heterocycles. The number of nitrogens with zero attached hydrogens (tertiary/aromatic N) is 1. The third-order valence-corrected chi connectivity index (χ3v) is 2.87. The minimum atomic E-state index is 0.725. The molecule has 2 aromatic rings. The van der Waals surface area contributed by atoms with Crippen molar-refractivity contribution in [3.8, 4) is 11.5 Å². The Morgan fingerprint density at radius 3 is 2.53 bits per heavy atom. The average Bonchev–Trinajstić information content (AvgIpc) is 2.28. The van der Waals surface area contributed by atoms with Crippen molar-refractivity contribution in [1.29, 1.82) is 0 Å². The van der Waals surface area contributed by atoms with E-state index in [0.29, 0.717) is 0 Å². The quantitative estimate of drug-likeness (QED) is 0.784. The van der Waals surface area contributed by atoms with Gasteiger partial charge in [0.2, 0.25) is 0 Å². The summed E-state index contributed by atoms with van der Waals surface area (Å²) in [6.45, 7) is 0. The molecule has 0 fully saturated rings. The summed E-state index contributed by atoms with van der Waals surface area (Å²) in [6, 6.07) is 5.73. The lowest BCUT2D eigenvalue weighted by Crippen LogP contribution is -1.92. The van der Waals surface area contributed by atoms with Gasteiger partial charge in [-0.2, -0.15) is 0 Å². The first-order valence-corrected chi connectivity index (χ1v) is 5.22. The predicted octanol–water partition coefficient (Wildman–Crippen LogP) is 3.01. The summed E-state index contributed by atoms with van der Waals surface area (Å²) in [5.74, 6) is 1.46. The highest BCUT2D eigenvalue weighted by Gasteiger charge is 2.10. The summed E-state index contributed by atoms with van der Waals surface area (Å²) in [5.41, 5.74) is 0. The van der Waals surface area contributed by atoms with Gasteiger partial charge >= 0.3 is 0 Å². The third-order valence-electron chi connectivity index (χ3n) is 2.24. The maximum atomic E-state index is 5.33. The largest absolute Gasteiger partial charge is 0.493 e. The van der Waals surface area contributed by atoms with Crippen LogP contribution in [-0.4, -0.2) is 19.2 Å². The minimum absolute atomic E-state index is 0.725. The van der Waals surface area contributed by atoms with E-state index in [4.69, 9.17) is 9.47 Å². The second-order valence-corrected chi connectivity index (χ2v) is 3.75. The first-order chi connectivity index (χ1) is 7.27. The van der Waals surface area contributed by atoms with Crippen LogP contribution in [0.1, 0.15) is 0 Å². The molecule has 0 aliphatic carbocycles. The van der Waals surface area contributed by atoms with Gasteiger partial charge in [-0.05, 0) is 34.1 Å². The van der Waals surface area contributed by atoms with Gasteiger partial charge in [0, 0.05) is 17.0 Å². The maximum Gasteiger partial charge on any atom is 0.168 e. The second-order valence-electron chi connectivity index (χ2n) is 3.00. The summed E-state index contributed by atoms with van der Waals surface area (Å²) in [7, 11) is 3.26. The van der Waals surface area contributed by atoms with Crippen molar-refractivity contribution in [2.24, 2.45) is 0 Å². The van der Waals surface area contributed by atoms with Gasteiger partial charge in [0.05, 0.1) is 14.2 Å². The zero-order chi connectivity index (χ0) is 10.8. The van der Waals surface area contributed by atoms with Crippen LogP contribution in [0.4, 0.5) is 0 Å². The lowest BCUT2D eigenvalue weighted by Gasteiger charge is -2.10. The van der Waals surface area contributed by atoms with Crippen molar-refractivity contribution in [3.63, 3.8) is 0 Å². The molecule has 0 atom stereocenters. The van der Waals surface area contributed by atoms with E-state index in [1.807, 2.05) is 18.2 Å². The van der Waals surface area contributed by atoms with E-state index in [1.54, 1.807) is 20.4 Å². The fourth-order valence-corrected chi connectivity index (χ4v) is 2.01. The van der Waals surface area contributed by atoms with Crippen LogP contribution in [0.3, 0.4) is 0 Å². The van der Waals surface area contributed by atoms with Crippen molar-refractivity contribution < 1.29 is 9.47 Å². The van der Waals surface area contributed by atoms with Crippen LogP contribution < -0.4 is 9.47 Å². The maximum absolute atomic E-state index is 5.33. The van der Waals surface area contributed by atoms with Crippen LogP contribution in [0, 0.1) is 0 Å². The van der Waals surface area contributed by atoms with Gasteiger partial charge in [0.15, 0.2) is 11.5 Å². The summed E-state index contributed by atoms with van der Waals surface area (Å²) in [4.78, 5) is 4.16. The fourth-order valence-electron chi connectivity index (χ4n) is 1.54. The minimum Gasteiger partial charge on any atom is -0.493 e. The van der Waals surface area contributed by atoms with Gasteiger partial charge in [-0.15, -0.1) is 0 Å². The summed E-state index contributed by atoms with van der Waals surface area (Å²) in [6.07, 6.45) is 1.73. The Labute approximate surface area is 96.2 Å². The van der Waals surface area contributed by atoms with Crippen LogP contribution in [0.2, 0.25) is 0 Å². The predicted molar refractivity (Wildman–Crippen MR) is 62.5 cm³/mol. The molecule has 0 N–H and O–H groups in total. The molecule has 0 spiro atoms. The topological polar surface area (TPSA) is 31.4 Å². The van der Waals surface area contributed by atoms with Crippen molar-refractivity contribution in [3.05, 3.63) is 29.0 Å². The molecule has 0 bridgehead atoms. The highest BCUT2D eigenvalue weighted by Crippen LogP contribution is 2.36. The normalized spacial score (nSPS) is 10.3. The van der Waals surface area contributed by atoms with Gasteiger partial charge < -0.3 is 9.47 Å². The van der Waals surface area contributed by atoms with Crippen LogP contribution in [0.15, 0.2) is 29.0 Å². The molecular weight excluding hydrogens is 258 g/mol. The Morgan fingerprint density at radius 1 is 1.07 bits per heavy atom. The molecule has 3 nitrogen and oxygen atoms in total. The number of hydrogen-bond acceptors (Lipinski definition) is 3. The van der Waals surface area contributed by atoms with Gasteiger partial charge in [0.25, 0.3) is 0 Å². The van der Waals surface area contributed by atoms with Gasteiger partial charge in [0.1, 0.15) is 4.60 Å². The number of hydrogen-bond donors (Lipinski definition) is 0. The molecule has 0 saturated carbocycles. The number of rotatable bonds is 2. The molecular formula is C11H10BrNO2. The number of benzene rings is 1. The van der Waals surface area contributed by atoms with E-state index in [-0.39, 0.29) is 0 Å². The van der Waals surface area contributed by atoms with Crippen molar-refractivity contribution in [2.45, 2.75) is 0 Å². The summed E-state index contributed by atoms with van der Waals surface area (Å²) < 4.78 is 11.4. The number of pyridine rings is 1. The molecule has 2 rings (SSSR count). The van der Waals surface area contributed by atoms with Crippen molar-refractivity contribution in [2.75, 3.05) is 14.2 Å². The van der Waals surface area contributed by atoms with E-state index in [1.165, 1.54) is 0 Å². The van der Waals surface area contributed by atoms with Crippen molar-refractivity contribution in [1.82, 2.24) is 4.98 Å². The molecule has 0 aliphatic heterocycles. The number of methoxy groups -OCH3 is 2. The zero-order valence-electron chi connectivity index (χ0n) is 8.45. The Bertz CT molecular complexity index is 499. The van der Waals surface area contributed by atoms with E-state index in [2.05, 4.69) is 20.9 Å². The van der Waals surface area contributed by atoms with Crippen LogP contribution in [0.5, 0.6) is 11.5 Å². The third kappa shape index (κ3) is 1.65. The van der Waals surface area contributed by atoms with E-state index < -0.39 is 0 Å². The molecule has 78 valence electrons. The molecule has 0 radical (unpaired) electrons. The molecule has 0 saturated heterocycles. The Hall–Kier alpha value is -1.29. The monoisotopic (exact) mass is 267 g/mol. The number of halogens is 1. The molecule has 0 unspecified atom stereocenters. The van der Waals surface area contributed by atoms with Crippen LogP contribution >= 0.6 is 15.9 Å². The fraction of sp³-hybridized carbons (Fsp3) is 0.182. The standard InChI is InChI=1S/C11H10BrNO2/c1-14-9-4-3-8-7(10(9)15-2)5-6-13-11(8)12/h3-6H,1-2H3. The van der Waals surface area contributed by atoms with Gasteiger partial charge in [-0.3, -0.25) is 0 Å². The lowest BCUT2D eigenvalue weighted by molar-refractivity contribution is 0.358. The molecule has 15 heavy (non-hydrogen) atoms. The summed E-state index contributed by atoms with van der Waals surface area (Å²) in [5, 5.41) is 1.99. The Morgan fingerprint density at radius 2 is 1.87 bits per heavy atom. The highest BCUT2D eigenvalue weighted by molar-refractivity contribution is 9.10. The van der Waals surface area contributed by atoms with E-state index in [9.17, 15) is 0 Å². The molecule has 4 heteroatoms.